The summed E-state index contributed by atoms with van der Waals surface area (Å²) in [5.41, 5.74) is 5.95. The molecule has 0 aromatic heterocycles. The summed E-state index contributed by atoms with van der Waals surface area (Å²) in [4.78, 5) is 0.234. The molecule has 0 amide bonds. The van der Waals surface area contributed by atoms with Crippen molar-refractivity contribution in [3.8, 4) is 5.75 Å². The normalized spacial score (nSPS) is 12.2. The van der Waals surface area contributed by atoms with E-state index in [2.05, 4.69) is 0 Å². The van der Waals surface area contributed by atoms with E-state index in [9.17, 15) is 13.0 Å². The molecule has 2 aromatic carbocycles. The highest BCUT2D eigenvalue weighted by Gasteiger charge is 2.11. The highest BCUT2D eigenvalue weighted by atomic mass is 32.2. The summed E-state index contributed by atoms with van der Waals surface area (Å²) >= 11 is 0. The molecule has 0 aliphatic rings. The smallest absolute Gasteiger partial charge is 0.131 e. The summed E-state index contributed by atoms with van der Waals surface area (Å²) in [5.74, 6) is -0.753. The van der Waals surface area contributed by atoms with Gasteiger partial charge in [-0.2, -0.15) is 0 Å². The molecule has 0 fully saturated rings. The molecule has 2 N–H and O–H groups in total. The molecule has 106 valence electrons. The maximum atomic E-state index is 13.8. The SMILES string of the molecule is COc1ccc(CS(=O)c2cc(N)cc(F)c2)c(F)c1. The molecule has 0 saturated carbocycles. The lowest BCUT2D eigenvalue weighted by Gasteiger charge is -2.07. The van der Waals surface area contributed by atoms with Gasteiger partial charge in [0.2, 0.25) is 0 Å². The first kappa shape index (κ1) is 14.5. The minimum atomic E-state index is -1.57. The lowest BCUT2D eigenvalue weighted by atomic mass is 10.2. The Labute approximate surface area is 117 Å². The molecule has 0 bridgehead atoms. The zero-order valence-electron chi connectivity index (χ0n) is 10.7. The van der Waals surface area contributed by atoms with Gasteiger partial charge >= 0.3 is 0 Å². The van der Waals surface area contributed by atoms with Gasteiger partial charge in [-0.1, -0.05) is 6.07 Å². The molecule has 0 radical (unpaired) electrons. The van der Waals surface area contributed by atoms with Crippen LogP contribution in [-0.2, 0) is 16.6 Å². The Balaban J connectivity index is 2.23. The standard InChI is InChI=1S/C14H13F2NO2S/c1-19-12-3-2-9(14(16)7-12)8-20(18)13-5-10(15)4-11(17)6-13/h2-7H,8,17H2,1H3. The van der Waals surface area contributed by atoms with Crippen LogP contribution in [-0.4, -0.2) is 11.3 Å². The van der Waals surface area contributed by atoms with Crippen LogP contribution in [0.5, 0.6) is 5.75 Å². The van der Waals surface area contributed by atoms with Crippen molar-refractivity contribution in [1.82, 2.24) is 0 Å². The molecule has 2 rings (SSSR count). The first-order valence-electron chi connectivity index (χ1n) is 5.76. The quantitative estimate of drug-likeness (QED) is 0.883. The Morgan fingerprint density at radius 3 is 2.55 bits per heavy atom. The van der Waals surface area contributed by atoms with Crippen LogP contribution >= 0.6 is 0 Å². The van der Waals surface area contributed by atoms with Crippen molar-refractivity contribution in [2.75, 3.05) is 12.8 Å². The lowest BCUT2D eigenvalue weighted by molar-refractivity contribution is 0.411. The fraction of sp³-hybridized carbons (Fsp3) is 0.143. The summed E-state index contributed by atoms with van der Waals surface area (Å²) in [6, 6.07) is 7.97. The van der Waals surface area contributed by atoms with Crippen LogP contribution in [0.1, 0.15) is 5.56 Å². The molecule has 0 aliphatic heterocycles. The average Bonchev–Trinajstić information content (AvgIpc) is 2.39. The first-order valence-corrected chi connectivity index (χ1v) is 7.08. The van der Waals surface area contributed by atoms with E-state index >= 15 is 0 Å². The van der Waals surface area contributed by atoms with Gasteiger partial charge in [0.1, 0.15) is 17.4 Å². The van der Waals surface area contributed by atoms with Gasteiger partial charge < -0.3 is 10.5 Å². The molecule has 0 saturated heterocycles. The molecule has 0 spiro atoms. The van der Waals surface area contributed by atoms with Crippen molar-refractivity contribution in [2.24, 2.45) is 0 Å². The van der Waals surface area contributed by atoms with E-state index in [-0.39, 0.29) is 21.9 Å². The molecule has 1 unspecified atom stereocenters. The monoisotopic (exact) mass is 297 g/mol. The molecule has 3 nitrogen and oxygen atoms in total. The Kier molecular flexibility index (Phi) is 4.34. The van der Waals surface area contributed by atoms with Crippen molar-refractivity contribution >= 4 is 16.5 Å². The van der Waals surface area contributed by atoms with Crippen LogP contribution in [0.15, 0.2) is 41.3 Å². The number of nitrogens with two attached hydrogens (primary N) is 1. The minimum absolute atomic E-state index is 0.0568. The average molecular weight is 297 g/mol. The van der Waals surface area contributed by atoms with Gasteiger partial charge in [-0.25, -0.2) is 8.78 Å². The fourth-order valence-corrected chi connectivity index (χ4v) is 2.91. The van der Waals surface area contributed by atoms with Gasteiger partial charge in [-0.3, -0.25) is 4.21 Å². The third-order valence-electron chi connectivity index (χ3n) is 2.70. The number of anilines is 1. The fourth-order valence-electron chi connectivity index (χ4n) is 1.71. The Bertz CT molecular complexity index is 641. The number of ether oxygens (including phenoxy) is 1. The number of benzene rings is 2. The molecular formula is C14H13F2NO2S. The molecular weight excluding hydrogens is 284 g/mol. The summed E-state index contributed by atoms with van der Waals surface area (Å²) < 4.78 is 44.0. The van der Waals surface area contributed by atoms with E-state index in [1.807, 2.05) is 0 Å². The number of methoxy groups -OCH3 is 1. The Morgan fingerprint density at radius 2 is 1.95 bits per heavy atom. The second kappa shape index (κ2) is 6.00. The molecule has 0 heterocycles. The van der Waals surface area contributed by atoms with Crippen molar-refractivity contribution in [3.63, 3.8) is 0 Å². The van der Waals surface area contributed by atoms with E-state index in [1.165, 1.54) is 25.3 Å². The van der Waals surface area contributed by atoms with Gasteiger partial charge in [0, 0.05) is 22.2 Å². The van der Waals surface area contributed by atoms with Crippen LogP contribution in [0.3, 0.4) is 0 Å². The highest BCUT2D eigenvalue weighted by Crippen LogP contribution is 2.21. The van der Waals surface area contributed by atoms with Gasteiger partial charge in [0.25, 0.3) is 0 Å². The van der Waals surface area contributed by atoms with Crippen LogP contribution in [0.2, 0.25) is 0 Å². The largest absolute Gasteiger partial charge is 0.497 e. The molecule has 1 atom stereocenters. The molecule has 6 heteroatoms. The number of hydrogen-bond donors (Lipinski definition) is 1. The number of rotatable bonds is 4. The van der Waals surface area contributed by atoms with Gasteiger partial charge in [0.05, 0.1) is 23.7 Å². The maximum absolute atomic E-state index is 13.8. The van der Waals surface area contributed by atoms with E-state index in [0.29, 0.717) is 5.75 Å². The highest BCUT2D eigenvalue weighted by molar-refractivity contribution is 7.84. The van der Waals surface area contributed by atoms with Crippen LogP contribution in [0.4, 0.5) is 14.5 Å². The van der Waals surface area contributed by atoms with E-state index in [1.54, 1.807) is 6.07 Å². The number of hydrogen-bond acceptors (Lipinski definition) is 3. The van der Waals surface area contributed by atoms with Gasteiger partial charge in [-0.05, 0) is 24.3 Å². The lowest BCUT2D eigenvalue weighted by Crippen LogP contribution is -2.01. The maximum Gasteiger partial charge on any atom is 0.131 e. The summed E-state index contributed by atoms with van der Waals surface area (Å²) in [5, 5.41) is 0. The second-order valence-corrected chi connectivity index (χ2v) is 5.62. The number of halogens is 2. The number of nitrogen functional groups attached to an aromatic ring is 1. The van der Waals surface area contributed by atoms with Crippen molar-refractivity contribution in [2.45, 2.75) is 10.6 Å². The third-order valence-corrected chi connectivity index (χ3v) is 4.04. The van der Waals surface area contributed by atoms with Gasteiger partial charge in [0.15, 0.2) is 0 Å². The molecule has 0 aliphatic carbocycles. The van der Waals surface area contributed by atoms with E-state index in [0.717, 1.165) is 12.1 Å². The minimum Gasteiger partial charge on any atom is -0.497 e. The van der Waals surface area contributed by atoms with Crippen LogP contribution in [0.25, 0.3) is 0 Å². The van der Waals surface area contributed by atoms with Crippen molar-refractivity contribution < 1.29 is 17.7 Å². The predicted octanol–water partition coefficient (Wildman–Crippen LogP) is 2.86. The topological polar surface area (TPSA) is 52.3 Å². The van der Waals surface area contributed by atoms with Crippen LogP contribution < -0.4 is 10.5 Å². The predicted molar refractivity (Wildman–Crippen MR) is 73.9 cm³/mol. The third kappa shape index (κ3) is 3.33. The van der Waals surface area contributed by atoms with Crippen molar-refractivity contribution in [1.29, 1.82) is 0 Å². The van der Waals surface area contributed by atoms with E-state index in [4.69, 9.17) is 10.5 Å². The zero-order valence-corrected chi connectivity index (χ0v) is 11.5. The Hall–Kier alpha value is -1.95. The summed E-state index contributed by atoms with van der Waals surface area (Å²) in [6.45, 7) is 0. The second-order valence-electron chi connectivity index (χ2n) is 4.17. The molecule has 20 heavy (non-hydrogen) atoms. The Morgan fingerprint density at radius 1 is 1.20 bits per heavy atom. The van der Waals surface area contributed by atoms with E-state index < -0.39 is 22.4 Å². The van der Waals surface area contributed by atoms with Gasteiger partial charge in [-0.15, -0.1) is 0 Å². The molecule has 2 aromatic rings. The zero-order chi connectivity index (χ0) is 14.7. The summed E-state index contributed by atoms with van der Waals surface area (Å²) in [6.07, 6.45) is 0. The summed E-state index contributed by atoms with van der Waals surface area (Å²) in [7, 11) is -0.142. The van der Waals surface area contributed by atoms with Crippen molar-refractivity contribution in [3.05, 3.63) is 53.6 Å². The first-order chi connectivity index (χ1) is 9.49. The van der Waals surface area contributed by atoms with Crippen LogP contribution in [0, 0.1) is 11.6 Å².